The maximum atomic E-state index is 12.5. The lowest BCUT2D eigenvalue weighted by Crippen LogP contribution is -2.47. The summed E-state index contributed by atoms with van der Waals surface area (Å²) in [5.41, 5.74) is 0.613. The molecule has 0 aromatic heterocycles. The molecule has 22 heavy (non-hydrogen) atoms. The Labute approximate surface area is 132 Å². The highest BCUT2D eigenvalue weighted by atomic mass is 16.5. The van der Waals surface area contributed by atoms with Crippen molar-refractivity contribution in [1.29, 1.82) is 0 Å². The van der Waals surface area contributed by atoms with Crippen molar-refractivity contribution in [3.63, 3.8) is 0 Å². The number of amides is 1. The molecule has 122 valence electrons. The third-order valence-electron chi connectivity index (χ3n) is 4.17. The van der Waals surface area contributed by atoms with Gasteiger partial charge in [0.1, 0.15) is 5.75 Å². The predicted octanol–water partition coefficient (Wildman–Crippen LogP) is 1.83. The minimum Gasteiger partial charge on any atom is -0.493 e. The lowest BCUT2D eigenvalue weighted by atomic mass is 9.79. The van der Waals surface area contributed by atoms with E-state index in [0.717, 1.165) is 25.9 Å². The molecule has 1 aromatic carbocycles. The number of hydrogen-bond donors (Lipinski definition) is 2. The number of carbonyl (C=O) groups excluding carboxylic acids is 1. The van der Waals surface area contributed by atoms with Crippen LogP contribution in [0.15, 0.2) is 24.3 Å². The molecular weight excluding hydrogens is 280 g/mol. The topological polar surface area (TPSA) is 59.6 Å². The molecule has 5 nitrogen and oxygen atoms in total. The minimum atomic E-state index is -0.0851. The van der Waals surface area contributed by atoms with Crippen LogP contribution >= 0.6 is 0 Å². The highest BCUT2D eigenvalue weighted by Gasteiger charge is 2.32. The highest BCUT2D eigenvalue weighted by molar-refractivity contribution is 5.96. The number of rotatable bonds is 7. The van der Waals surface area contributed by atoms with Crippen molar-refractivity contribution >= 4 is 5.91 Å². The van der Waals surface area contributed by atoms with Crippen LogP contribution in [0.2, 0.25) is 0 Å². The van der Waals surface area contributed by atoms with E-state index < -0.39 is 0 Å². The average Bonchev–Trinajstić information content (AvgIpc) is 2.55. The summed E-state index contributed by atoms with van der Waals surface area (Å²) in [7, 11) is 1.72. The maximum Gasteiger partial charge on any atom is 0.255 e. The van der Waals surface area contributed by atoms with Gasteiger partial charge in [-0.1, -0.05) is 12.1 Å². The zero-order valence-corrected chi connectivity index (χ0v) is 13.5. The van der Waals surface area contributed by atoms with Crippen molar-refractivity contribution in [1.82, 2.24) is 10.6 Å². The Morgan fingerprint density at radius 3 is 2.73 bits per heavy atom. The molecular formula is C17H26N2O3. The third kappa shape index (κ3) is 4.21. The summed E-state index contributed by atoms with van der Waals surface area (Å²) in [5.74, 6) is 0.548. The monoisotopic (exact) mass is 306 g/mol. The van der Waals surface area contributed by atoms with Crippen LogP contribution in [-0.2, 0) is 4.74 Å². The summed E-state index contributed by atoms with van der Waals surface area (Å²) in [6.45, 7) is 5.69. The smallest absolute Gasteiger partial charge is 0.255 e. The Morgan fingerprint density at radius 1 is 1.32 bits per heavy atom. The molecule has 1 saturated heterocycles. The number of nitrogens with one attached hydrogen (secondary N) is 2. The summed E-state index contributed by atoms with van der Waals surface area (Å²) in [4.78, 5) is 12.5. The van der Waals surface area contributed by atoms with Crippen LogP contribution in [0.3, 0.4) is 0 Å². The Bertz CT molecular complexity index is 479. The first-order valence-electron chi connectivity index (χ1n) is 7.90. The number of methoxy groups -OCH3 is 1. The highest BCUT2D eigenvalue weighted by Crippen LogP contribution is 2.28. The molecule has 0 bridgehead atoms. The summed E-state index contributed by atoms with van der Waals surface area (Å²) in [6, 6.07) is 7.35. The van der Waals surface area contributed by atoms with E-state index in [1.807, 2.05) is 25.1 Å². The molecule has 1 aromatic rings. The van der Waals surface area contributed by atoms with Crippen LogP contribution < -0.4 is 15.4 Å². The molecule has 0 radical (unpaired) electrons. The van der Waals surface area contributed by atoms with E-state index in [1.54, 1.807) is 13.2 Å². The third-order valence-corrected chi connectivity index (χ3v) is 4.17. The van der Waals surface area contributed by atoms with Crippen LogP contribution in [0.1, 0.15) is 30.1 Å². The van der Waals surface area contributed by atoms with Gasteiger partial charge in [0.25, 0.3) is 5.91 Å². The van der Waals surface area contributed by atoms with E-state index in [0.29, 0.717) is 31.1 Å². The first-order chi connectivity index (χ1) is 10.7. The maximum absolute atomic E-state index is 12.5. The second kappa shape index (κ2) is 8.15. The van der Waals surface area contributed by atoms with Crippen molar-refractivity contribution in [2.45, 2.75) is 19.8 Å². The molecule has 0 aliphatic carbocycles. The first kappa shape index (κ1) is 16.8. The standard InChI is InChI=1S/C17H26N2O3/c1-3-22-15-7-5-4-6-14(15)16(20)19-12-17(13-21-2)8-10-18-11-9-17/h4-7,18H,3,8-13H2,1-2H3,(H,19,20). The lowest BCUT2D eigenvalue weighted by Gasteiger charge is -2.37. The molecule has 0 spiro atoms. The Hall–Kier alpha value is -1.59. The van der Waals surface area contributed by atoms with Gasteiger partial charge < -0.3 is 20.1 Å². The normalized spacial score (nSPS) is 17.0. The SMILES string of the molecule is CCOc1ccccc1C(=O)NCC1(COC)CCNCC1. The average molecular weight is 306 g/mol. The van der Waals surface area contributed by atoms with E-state index in [-0.39, 0.29) is 11.3 Å². The van der Waals surface area contributed by atoms with E-state index in [2.05, 4.69) is 10.6 Å². The van der Waals surface area contributed by atoms with Crippen molar-refractivity contribution < 1.29 is 14.3 Å². The zero-order valence-electron chi connectivity index (χ0n) is 13.5. The van der Waals surface area contributed by atoms with E-state index in [4.69, 9.17) is 9.47 Å². The molecule has 0 atom stereocenters. The summed E-state index contributed by atoms with van der Waals surface area (Å²) in [5, 5.41) is 6.42. The van der Waals surface area contributed by atoms with Gasteiger partial charge >= 0.3 is 0 Å². The van der Waals surface area contributed by atoms with E-state index in [9.17, 15) is 4.79 Å². The Kier molecular flexibility index (Phi) is 6.21. The molecule has 0 unspecified atom stereocenters. The van der Waals surface area contributed by atoms with E-state index in [1.165, 1.54) is 0 Å². The fourth-order valence-corrected chi connectivity index (χ4v) is 2.93. The fraction of sp³-hybridized carbons (Fsp3) is 0.588. The molecule has 1 aliphatic heterocycles. The largest absolute Gasteiger partial charge is 0.493 e. The van der Waals surface area contributed by atoms with E-state index >= 15 is 0 Å². The second-order valence-electron chi connectivity index (χ2n) is 5.79. The van der Waals surface area contributed by atoms with Crippen LogP contribution in [0.5, 0.6) is 5.75 Å². The second-order valence-corrected chi connectivity index (χ2v) is 5.79. The van der Waals surface area contributed by atoms with Crippen LogP contribution in [0.25, 0.3) is 0 Å². The van der Waals surface area contributed by atoms with Crippen molar-refractivity contribution in [3.8, 4) is 5.75 Å². The molecule has 1 amide bonds. The van der Waals surface area contributed by atoms with Crippen LogP contribution in [0, 0.1) is 5.41 Å². The zero-order chi connectivity index (χ0) is 15.8. The molecule has 5 heteroatoms. The quantitative estimate of drug-likeness (QED) is 0.807. The molecule has 0 saturated carbocycles. The fourth-order valence-electron chi connectivity index (χ4n) is 2.93. The van der Waals surface area contributed by atoms with Crippen molar-refractivity contribution in [2.75, 3.05) is 40.0 Å². The van der Waals surface area contributed by atoms with Gasteiger partial charge in [-0.2, -0.15) is 0 Å². The summed E-state index contributed by atoms with van der Waals surface area (Å²) < 4.78 is 10.9. The molecule has 2 rings (SSSR count). The number of piperidine rings is 1. The van der Waals surface area contributed by atoms with Crippen LogP contribution in [-0.4, -0.2) is 45.9 Å². The molecule has 1 heterocycles. The number of carbonyl (C=O) groups is 1. The van der Waals surface area contributed by atoms with Gasteiger partial charge in [-0.15, -0.1) is 0 Å². The molecule has 1 fully saturated rings. The van der Waals surface area contributed by atoms with Gasteiger partial charge in [0.15, 0.2) is 0 Å². The number of ether oxygens (including phenoxy) is 2. The minimum absolute atomic E-state index is 0.0240. The summed E-state index contributed by atoms with van der Waals surface area (Å²) >= 11 is 0. The van der Waals surface area contributed by atoms with Gasteiger partial charge in [0, 0.05) is 19.1 Å². The van der Waals surface area contributed by atoms with Gasteiger partial charge in [-0.3, -0.25) is 4.79 Å². The molecule has 2 N–H and O–H groups in total. The Morgan fingerprint density at radius 2 is 2.05 bits per heavy atom. The predicted molar refractivity (Wildman–Crippen MR) is 86.4 cm³/mol. The van der Waals surface area contributed by atoms with Gasteiger partial charge in [0.2, 0.25) is 0 Å². The lowest BCUT2D eigenvalue weighted by molar-refractivity contribution is 0.0511. The van der Waals surface area contributed by atoms with Gasteiger partial charge in [-0.25, -0.2) is 0 Å². The number of para-hydroxylation sites is 1. The van der Waals surface area contributed by atoms with Gasteiger partial charge in [0.05, 0.1) is 18.8 Å². The Balaban J connectivity index is 2.02. The first-order valence-corrected chi connectivity index (χ1v) is 7.90. The summed E-state index contributed by atoms with van der Waals surface area (Å²) in [6.07, 6.45) is 2.02. The number of hydrogen-bond acceptors (Lipinski definition) is 4. The van der Waals surface area contributed by atoms with Crippen LogP contribution in [0.4, 0.5) is 0 Å². The van der Waals surface area contributed by atoms with Crippen molar-refractivity contribution in [3.05, 3.63) is 29.8 Å². The van der Waals surface area contributed by atoms with Crippen molar-refractivity contribution in [2.24, 2.45) is 5.41 Å². The molecule has 1 aliphatic rings. The van der Waals surface area contributed by atoms with Gasteiger partial charge in [-0.05, 0) is 45.0 Å². The number of benzene rings is 1.